The molecule has 0 fully saturated rings. The van der Waals surface area contributed by atoms with Gasteiger partial charge in [-0.3, -0.25) is 0 Å². The lowest BCUT2D eigenvalue weighted by Crippen LogP contribution is -2.10. The molecule has 0 aliphatic heterocycles. The summed E-state index contributed by atoms with van der Waals surface area (Å²) in [6, 6.07) is 16.2. The molecule has 0 saturated heterocycles. The molecule has 2 N–H and O–H groups in total. The maximum Gasteiger partial charge on any atom is 0.0944 e. The van der Waals surface area contributed by atoms with Gasteiger partial charge in [-0.05, 0) is 35.2 Å². The summed E-state index contributed by atoms with van der Waals surface area (Å²) in [4.78, 5) is 0. The largest absolute Gasteiger partial charge is 0.399 e. The molecule has 3 rings (SSSR count). The van der Waals surface area contributed by atoms with E-state index in [9.17, 15) is 0 Å². The normalized spacial score (nSPS) is 11.6. The van der Waals surface area contributed by atoms with Gasteiger partial charge < -0.3 is 5.73 Å². The number of nitrogens with two attached hydrogens (primary N) is 1. The van der Waals surface area contributed by atoms with E-state index in [1.807, 2.05) is 28.9 Å². The number of anilines is 1. The standard InChI is InChI=1S/C18H20N4/c1-18(2,3)14-6-4-13(5-7-14)17-12-20-21-22(17)16-10-8-15(19)9-11-16/h4-12H,19H2,1-3H3. The molecule has 4 nitrogen and oxygen atoms in total. The monoisotopic (exact) mass is 292 g/mol. The number of rotatable bonds is 2. The fraction of sp³-hybridized carbons (Fsp3) is 0.222. The fourth-order valence-corrected chi connectivity index (χ4v) is 2.38. The topological polar surface area (TPSA) is 56.7 Å². The van der Waals surface area contributed by atoms with Crippen LogP contribution in [0.15, 0.2) is 54.7 Å². The molecule has 0 aliphatic carbocycles. The zero-order valence-corrected chi connectivity index (χ0v) is 13.1. The Kier molecular flexibility index (Phi) is 3.45. The van der Waals surface area contributed by atoms with Crippen molar-refractivity contribution in [3.8, 4) is 16.9 Å². The van der Waals surface area contributed by atoms with Crippen LogP contribution in [-0.4, -0.2) is 15.0 Å². The Morgan fingerprint density at radius 2 is 1.55 bits per heavy atom. The van der Waals surface area contributed by atoms with Crippen LogP contribution in [0, 0.1) is 0 Å². The van der Waals surface area contributed by atoms with E-state index in [-0.39, 0.29) is 5.41 Å². The van der Waals surface area contributed by atoms with Crippen molar-refractivity contribution < 1.29 is 0 Å². The van der Waals surface area contributed by atoms with Crippen LogP contribution < -0.4 is 5.73 Å². The summed E-state index contributed by atoms with van der Waals surface area (Å²) in [6.07, 6.45) is 1.78. The molecule has 0 unspecified atom stereocenters. The van der Waals surface area contributed by atoms with E-state index in [2.05, 4.69) is 55.3 Å². The van der Waals surface area contributed by atoms with Crippen LogP contribution in [0.4, 0.5) is 5.69 Å². The molecule has 0 bridgehead atoms. The predicted octanol–water partition coefficient (Wildman–Crippen LogP) is 3.81. The van der Waals surface area contributed by atoms with Crippen LogP contribution in [0.5, 0.6) is 0 Å². The molecule has 0 spiro atoms. The van der Waals surface area contributed by atoms with Crippen LogP contribution in [0.25, 0.3) is 16.9 Å². The third-order valence-corrected chi connectivity index (χ3v) is 3.73. The van der Waals surface area contributed by atoms with E-state index in [1.54, 1.807) is 6.20 Å². The van der Waals surface area contributed by atoms with Crippen molar-refractivity contribution in [3.63, 3.8) is 0 Å². The van der Waals surface area contributed by atoms with Gasteiger partial charge in [0, 0.05) is 11.3 Å². The third kappa shape index (κ3) is 2.72. The van der Waals surface area contributed by atoms with Crippen molar-refractivity contribution in [3.05, 3.63) is 60.3 Å². The van der Waals surface area contributed by atoms with Gasteiger partial charge in [-0.2, -0.15) is 0 Å². The van der Waals surface area contributed by atoms with Crippen LogP contribution in [-0.2, 0) is 5.41 Å². The third-order valence-electron chi connectivity index (χ3n) is 3.73. The van der Waals surface area contributed by atoms with E-state index in [1.165, 1.54) is 5.56 Å². The van der Waals surface area contributed by atoms with Gasteiger partial charge in [0.05, 0.1) is 17.6 Å². The molecular formula is C18H20N4. The number of aromatic nitrogens is 3. The van der Waals surface area contributed by atoms with Gasteiger partial charge in [-0.1, -0.05) is 50.3 Å². The lowest BCUT2D eigenvalue weighted by atomic mass is 9.86. The second-order valence-corrected chi connectivity index (χ2v) is 6.45. The lowest BCUT2D eigenvalue weighted by molar-refractivity contribution is 0.590. The van der Waals surface area contributed by atoms with Crippen LogP contribution in [0.1, 0.15) is 26.3 Å². The van der Waals surface area contributed by atoms with E-state index < -0.39 is 0 Å². The minimum Gasteiger partial charge on any atom is -0.399 e. The fourth-order valence-electron chi connectivity index (χ4n) is 2.38. The Bertz CT molecular complexity index is 762. The molecule has 4 heteroatoms. The maximum absolute atomic E-state index is 5.74. The average molecular weight is 292 g/mol. The Morgan fingerprint density at radius 1 is 0.909 bits per heavy atom. The quantitative estimate of drug-likeness (QED) is 0.731. The van der Waals surface area contributed by atoms with E-state index in [0.717, 1.165) is 22.6 Å². The summed E-state index contributed by atoms with van der Waals surface area (Å²) in [6.45, 7) is 6.63. The van der Waals surface area contributed by atoms with Crippen molar-refractivity contribution in [2.24, 2.45) is 0 Å². The first-order chi connectivity index (χ1) is 10.4. The van der Waals surface area contributed by atoms with E-state index >= 15 is 0 Å². The molecule has 2 aromatic carbocycles. The number of hydrogen-bond donors (Lipinski definition) is 1. The number of benzene rings is 2. The van der Waals surface area contributed by atoms with Gasteiger partial charge in [0.15, 0.2) is 0 Å². The summed E-state index contributed by atoms with van der Waals surface area (Å²) in [5.41, 5.74) is 10.9. The second kappa shape index (κ2) is 5.30. The summed E-state index contributed by atoms with van der Waals surface area (Å²) in [5, 5.41) is 8.24. The summed E-state index contributed by atoms with van der Waals surface area (Å²) < 4.78 is 1.82. The molecule has 0 aliphatic rings. The van der Waals surface area contributed by atoms with Crippen molar-refractivity contribution in [1.82, 2.24) is 15.0 Å². The summed E-state index contributed by atoms with van der Waals surface area (Å²) >= 11 is 0. The molecule has 0 atom stereocenters. The molecular weight excluding hydrogens is 272 g/mol. The van der Waals surface area contributed by atoms with Gasteiger partial charge in [0.1, 0.15) is 0 Å². The minimum atomic E-state index is 0.147. The van der Waals surface area contributed by atoms with Gasteiger partial charge >= 0.3 is 0 Å². The summed E-state index contributed by atoms with van der Waals surface area (Å²) in [7, 11) is 0. The first kappa shape index (κ1) is 14.3. The Hall–Kier alpha value is -2.62. The van der Waals surface area contributed by atoms with E-state index in [0.29, 0.717) is 0 Å². The van der Waals surface area contributed by atoms with Crippen molar-refractivity contribution in [2.75, 3.05) is 5.73 Å². The first-order valence-corrected chi connectivity index (χ1v) is 7.33. The highest BCUT2D eigenvalue weighted by atomic mass is 15.4. The molecule has 22 heavy (non-hydrogen) atoms. The molecule has 3 aromatic rings. The van der Waals surface area contributed by atoms with Gasteiger partial charge in [-0.15, -0.1) is 5.10 Å². The molecule has 1 heterocycles. The zero-order valence-electron chi connectivity index (χ0n) is 13.1. The average Bonchev–Trinajstić information content (AvgIpc) is 2.97. The highest BCUT2D eigenvalue weighted by molar-refractivity contribution is 5.62. The molecule has 0 saturated carbocycles. The van der Waals surface area contributed by atoms with Gasteiger partial charge in [0.25, 0.3) is 0 Å². The Morgan fingerprint density at radius 3 is 2.14 bits per heavy atom. The molecule has 0 amide bonds. The van der Waals surface area contributed by atoms with Crippen molar-refractivity contribution >= 4 is 5.69 Å². The van der Waals surface area contributed by atoms with Crippen LogP contribution >= 0.6 is 0 Å². The van der Waals surface area contributed by atoms with Crippen LogP contribution in [0.3, 0.4) is 0 Å². The number of nitrogen functional groups attached to an aromatic ring is 1. The minimum absolute atomic E-state index is 0.147. The number of nitrogens with zero attached hydrogens (tertiary/aromatic N) is 3. The highest BCUT2D eigenvalue weighted by Crippen LogP contribution is 2.27. The van der Waals surface area contributed by atoms with E-state index in [4.69, 9.17) is 5.73 Å². The summed E-state index contributed by atoms with van der Waals surface area (Å²) in [5.74, 6) is 0. The molecule has 1 aromatic heterocycles. The maximum atomic E-state index is 5.74. The first-order valence-electron chi connectivity index (χ1n) is 7.33. The number of hydrogen-bond acceptors (Lipinski definition) is 3. The molecule has 112 valence electrons. The second-order valence-electron chi connectivity index (χ2n) is 6.45. The van der Waals surface area contributed by atoms with Gasteiger partial charge in [0.2, 0.25) is 0 Å². The molecule has 0 radical (unpaired) electrons. The highest BCUT2D eigenvalue weighted by Gasteiger charge is 2.14. The Balaban J connectivity index is 2.00. The predicted molar refractivity (Wildman–Crippen MR) is 89.9 cm³/mol. The van der Waals surface area contributed by atoms with Crippen molar-refractivity contribution in [2.45, 2.75) is 26.2 Å². The smallest absolute Gasteiger partial charge is 0.0944 e. The zero-order chi connectivity index (χ0) is 15.7. The Labute approximate surface area is 130 Å². The van der Waals surface area contributed by atoms with Crippen molar-refractivity contribution in [1.29, 1.82) is 0 Å². The van der Waals surface area contributed by atoms with Gasteiger partial charge in [-0.25, -0.2) is 4.68 Å². The SMILES string of the molecule is CC(C)(C)c1ccc(-c2cnnn2-c2ccc(N)cc2)cc1. The van der Waals surface area contributed by atoms with Crippen LogP contribution in [0.2, 0.25) is 0 Å². The lowest BCUT2D eigenvalue weighted by Gasteiger charge is -2.19.